The Labute approximate surface area is 168 Å². The highest BCUT2D eigenvalue weighted by Gasteiger charge is 2.30. The van der Waals surface area contributed by atoms with Crippen LogP contribution in [0.25, 0.3) is 0 Å². The highest BCUT2D eigenvalue weighted by atomic mass is 19.1. The van der Waals surface area contributed by atoms with Crippen molar-refractivity contribution < 1.29 is 18.8 Å². The van der Waals surface area contributed by atoms with Crippen molar-refractivity contribution in [2.45, 2.75) is 31.7 Å². The van der Waals surface area contributed by atoms with E-state index in [1.54, 1.807) is 18.2 Å². The van der Waals surface area contributed by atoms with Gasteiger partial charge in [-0.25, -0.2) is 4.39 Å². The maximum atomic E-state index is 13.5. The number of halogens is 1. The summed E-state index contributed by atoms with van der Waals surface area (Å²) in [7, 11) is 0. The molecule has 0 bridgehead atoms. The first kappa shape index (κ1) is 19.1. The summed E-state index contributed by atoms with van der Waals surface area (Å²) in [5.74, 6) is -1.75. The summed E-state index contributed by atoms with van der Waals surface area (Å²) in [5.41, 5.74) is 2.35. The number of benzene rings is 2. The summed E-state index contributed by atoms with van der Waals surface area (Å²) < 4.78 is 13.5. The second kappa shape index (κ2) is 8.03. The average molecular weight is 395 g/mol. The molecular formula is C22H22FN3O3. The standard InChI is InChI=1S/C22H22FN3O3/c23-16-6-7-17-18(12-20(27)25-19(17)11-16)21(28)24-13-14-4-3-5-15(10-14)22(29)26-8-1-2-9-26/h3-7,10-11,18H,1-2,8-9,12-13H2,(H,24,28)(H,25,27). The van der Waals surface area contributed by atoms with Gasteiger partial charge in [-0.3, -0.25) is 14.4 Å². The van der Waals surface area contributed by atoms with E-state index in [4.69, 9.17) is 0 Å². The Morgan fingerprint density at radius 1 is 1.14 bits per heavy atom. The van der Waals surface area contributed by atoms with E-state index in [0.29, 0.717) is 16.8 Å². The SMILES string of the molecule is O=C1CC(C(=O)NCc2cccc(C(=O)N3CCCC3)c2)c2ccc(F)cc2N1. The zero-order valence-corrected chi connectivity index (χ0v) is 15.9. The van der Waals surface area contributed by atoms with Crippen molar-refractivity contribution in [2.24, 2.45) is 0 Å². The Hall–Kier alpha value is -3.22. The summed E-state index contributed by atoms with van der Waals surface area (Å²) >= 11 is 0. The highest BCUT2D eigenvalue weighted by molar-refractivity contribution is 6.01. The number of hydrogen-bond donors (Lipinski definition) is 2. The molecule has 2 aromatic rings. The minimum atomic E-state index is -0.672. The molecule has 150 valence electrons. The van der Waals surface area contributed by atoms with Crippen molar-refractivity contribution in [1.29, 1.82) is 0 Å². The van der Waals surface area contributed by atoms with Gasteiger partial charge in [0.1, 0.15) is 5.82 Å². The number of nitrogens with one attached hydrogen (secondary N) is 2. The van der Waals surface area contributed by atoms with Gasteiger partial charge in [-0.1, -0.05) is 18.2 Å². The Kier molecular flexibility index (Phi) is 5.29. The normalized spacial score (nSPS) is 18.2. The molecular weight excluding hydrogens is 373 g/mol. The largest absolute Gasteiger partial charge is 0.351 e. The third-order valence-corrected chi connectivity index (χ3v) is 5.40. The molecule has 1 atom stereocenters. The first-order valence-corrected chi connectivity index (χ1v) is 9.76. The topological polar surface area (TPSA) is 78.5 Å². The van der Waals surface area contributed by atoms with Gasteiger partial charge < -0.3 is 15.5 Å². The minimum absolute atomic E-state index is 0.00980. The molecule has 1 fully saturated rings. The molecule has 2 heterocycles. The minimum Gasteiger partial charge on any atom is -0.351 e. The van der Waals surface area contributed by atoms with Crippen LogP contribution in [-0.2, 0) is 16.1 Å². The zero-order chi connectivity index (χ0) is 20.4. The van der Waals surface area contributed by atoms with Crippen LogP contribution in [0.5, 0.6) is 0 Å². The van der Waals surface area contributed by atoms with Gasteiger partial charge in [0.15, 0.2) is 0 Å². The van der Waals surface area contributed by atoms with Crippen molar-refractivity contribution >= 4 is 23.4 Å². The lowest BCUT2D eigenvalue weighted by molar-refractivity contribution is -0.126. The Bertz CT molecular complexity index is 970. The molecule has 6 nitrogen and oxygen atoms in total. The van der Waals surface area contributed by atoms with Crippen LogP contribution in [0.15, 0.2) is 42.5 Å². The van der Waals surface area contributed by atoms with Crippen LogP contribution >= 0.6 is 0 Å². The maximum absolute atomic E-state index is 13.5. The molecule has 1 saturated heterocycles. The summed E-state index contributed by atoms with van der Waals surface area (Å²) in [6, 6.07) is 11.3. The molecule has 0 radical (unpaired) electrons. The number of nitrogens with zero attached hydrogens (tertiary/aromatic N) is 1. The first-order chi connectivity index (χ1) is 14.0. The lowest BCUT2D eigenvalue weighted by Gasteiger charge is -2.25. The van der Waals surface area contributed by atoms with Gasteiger partial charge in [0.2, 0.25) is 11.8 Å². The quantitative estimate of drug-likeness (QED) is 0.836. The molecule has 2 aromatic carbocycles. The number of amides is 3. The van der Waals surface area contributed by atoms with Crippen LogP contribution < -0.4 is 10.6 Å². The molecule has 2 aliphatic rings. The molecule has 0 aliphatic carbocycles. The lowest BCUT2D eigenvalue weighted by atomic mass is 9.89. The van der Waals surface area contributed by atoms with E-state index < -0.39 is 11.7 Å². The fraction of sp³-hybridized carbons (Fsp3) is 0.318. The van der Waals surface area contributed by atoms with Gasteiger partial charge >= 0.3 is 0 Å². The van der Waals surface area contributed by atoms with Crippen molar-refractivity contribution in [1.82, 2.24) is 10.2 Å². The van der Waals surface area contributed by atoms with Crippen LogP contribution in [-0.4, -0.2) is 35.7 Å². The van der Waals surface area contributed by atoms with E-state index in [2.05, 4.69) is 10.6 Å². The van der Waals surface area contributed by atoms with E-state index in [9.17, 15) is 18.8 Å². The van der Waals surface area contributed by atoms with Gasteiger partial charge in [-0.15, -0.1) is 0 Å². The third kappa shape index (κ3) is 4.13. The van der Waals surface area contributed by atoms with Crippen molar-refractivity contribution in [3.8, 4) is 0 Å². The summed E-state index contributed by atoms with van der Waals surface area (Å²) in [5, 5.41) is 5.45. The Morgan fingerprint density at radius 2 is 1.93 bits per heavy atom. The van der Waals surface area contributed by atoms with Crippen molar-refractivity contribution in [3.63, 3.8) is 0 Å². The Balaban J connectivity index is 1.44. The smallest absolute Gasteiger partial charge is 0.253 e. The fourth-order valence-electron chi connectivity index (χ4n) is 3.90. The maximum Gasteiger partial charge on any atom is 0.253 e. The van der Waals surface area contributed by atoms with E-state index in [-0.39, 0.29) is 30.7 Å². The Morgan fingerprint density at radius 3 is 2.72 bits per heavy atom. The van der Waals surface area contributed by atoms with Crippen LogP contribution in [0.2, 0.25) is 0 Å². The molecule has 2 N–H and O–H groups in total. The molecule has 0 aromatic heterocycles. The van der Waals surface area contributed by atoms with Crippen molar-refractivity contribution in [2.75, 3.05) is 18.4 Å². The number of fused-ring (bicyclic) bond motifs is 1. The zero-order valence-electron chi connectivity index (χ0n) is 15.9. The number of carbonyl (C=O) groups excluding carboxylic acids is 3. The molecule has 29 heavy (non-hydrogen) atoms. The summed E-state index contributed by atoms with van der Waals surface area (Å²) in [6.45, 7) is 1.81. The number of carbonyl (C=O) groups is 3. The van der Waals surface area contributed by atoms with E-state index in [1.165, 1.54) is 18.2 Å². The van der Waals surface area contributed by atoms with Gasteiger partial charge in [-0.05, 0) is 48.2 Å². The van der Waals surface area contributed by atoms with E-state index in [1.807, 2.05) is 11.0 Å². The molecule has 2 aliphatic heterocycles. The second-order valence-electron chi connectivity index (χ2n) is 7.45. The lowest BCUT2D eigenvalue weighted by Crippen LogP contribution is -2.34. The molecule has 4 rings (SSSR count). The first-order valence-electron chi connectivity index (χ1n) is 9.76. The number of anilines is 1. The predicted octanol–water partition coefficient (Wildman–Crippen LogP) is 2.80. The molecule has 0 saturated carbocycles. The van der Waals surface area contributed by atoms with Crippen molar-refractivity contribution in [3.05, 3.63) is 65.0 Å². The average Bonchev–Trinajstić information content (AvgIpc) is 3.25. The molecule has 3 amide bonds. The summed E-state index contributed by atoms with van der Waals surface area (Å²) in [4.78, 5) is 39.0. The molecule has 7 heteroatoms. The predicted molar refractivity (Wildman–Crippen MR) is 106 cm³/mol. The van der Waals surface area contributed by atoms with E-state index >= 15 is 0 Å². The van der Waals surface area contributed by atoms with Crippen LogP contribution in [0.4, 0.5) is 10.1 Å². The monoisotopic (exact) mass is 395 g/mol. The van der Waals surface area contributed by atoms with Crippen LogP contribution in [0.3, 0.4) is 0 Å². The summed E-state index contributed by atoms with van der Waals surface area (Å²) in [6.07, 6.45) is 2.07. The molecule has 0 spiro atoms. The fourth-order valence-corrected chi connectivity index (χ4v) is 3.90. The number of hydrogen-bond acceptors (Lipinski definition) is 3. The second-order valence-corrected chi connectivity index (χ2v) is 7.45. The van der Waals surface area contributed by atoms with Gasteiger partial charge in [0.05, 0.1) is 5.92 Å². The number of likely N-dealkylation sites (tertiary alicyclic amines) is 1. The van der Waals surface area contributed by atoms with Gasteiger partial charge in [0, 0.05) is 37.3 Å². The molecule has 1 unspecified atom stereocenters. The highest BCUT2D eigenvalue weighted by Crippen LogP contribution is 2.32. The van der Waals surface area contributed by atoms with E-state index in [0.717, 1.165) is 31.5 Å². The van der Waals surface area contributed by atoms with Crippen LogP contribution in [0.1, 0.15) is 46.7 Å². The number of rotatable bonds is 4. The van der Waals surface area contributed by atoms with Gasteiger partial charge in [-0.2, -0.15) is 0 Å². The van der Waals surface area contributed by atoms with Gasteiger partial charge in [0.25, 0.3) is 5.91 Å². The third-order valence-electron chi connectivity index (χ3n) is 5.40. The van der Waals surface area contributed by atoms with Crippen LogP contribution in [0, 0.1) is 5.82 Å².